The lowest BCUT2D eigenvalue weighted by atomic mass is 9.72. The maximum absolute atomic E-state index is 13.5. The molecule has 0 aromatic heterocycles. The van der Waals surface area contributed by atoms with Gasteiger partial charge in [0.1, 0.15) is 5.82 Å². The number of carboxylic acid groups (broad SMARTS) is 1. The third kappa shape index (κ3) is 6.44. The summed E-state index contributed by atoms with van der Waals surface area (Å²) in [4.78, 5) is 33.3. The van der Waals surface area contributed by atoms with Crippen LogP contribution < -0.4 is 0 Å². The molecule has 0 saturated heterocycles. The largest absolute Gasteiger partial charge is 0.479 e. The van der Waals surface area contributed by atoms with Gasteiger partial charge in [-0.15, -0.1) is 0 Å². The molecular weight excluding hydrogens is 461 g/mol. The van der Waals surface area contributed by atoms with Crippen LogP contribution in [0.15, 0.2) is 29.3 Å². The number of hydrogen-bond acceptors (Lipinski definition) is 6. The highest BCUT2D eigenvalue weighted by atomic mass is 19.1. The Bertz CT molecular complexity index is 899. The Morgan fingerprint density at radius 3 is 2.44 bits per heavy atom. The number of unbranched alkanes of at least 4 members (excludes halogenated alkanes) is 1. The van der Waals surface area contributed by atoms with Gasteiger partial charge in [0.05, 0.1) is 19.5 Å². The second-order valence-corrected chi connectivity index (χ2v) is 10.6. The molecule has 0 bridgehead atoms. The van der Waals surface area contributed by atoms with E-state index in [0.29, 0.717) is 11.8 Å². The van der Waals surface area contributed by atoms with Crippen molar-refractivity contribution < 1.29 is 23.8 Å². The minimum atomic E-state index is -1.32. The van der Waals surface area contributed by atoms with Crippen LogP contribution in [0, 0.1) is 17.7 Å². The predicted octanol–water partition coefficient (Wildman–Crippen LogP) is 4.91. The van der Waals surface area contributed by atoms with Gasteiger partial charge in [-0.05, 0) is 75.7 Å². The summed E-state index contributed by atoms with van der Waals surface area (Å²) in [5, 5.41) is 10.3. The number of carbonyl (C=O) groups is 2. The summed E-state index contributed by atoms with van der Waals surface area (Å²) < 4.78 is 18.3. The van der Waals surface area contributed by atoms with Crippen LogP contribution >= 0.6 is 0 Å². The average molecular weight is 504 g/mol. The van der Waals surface area contributed by atoms with Crippen LogP contribution in [0.4, 0.5) is 4.39 Å². The van der Waals surface area contributed by atoms with Crippen LogP contribution in [0.5, 0.6) is 0 Å². The van der Waals surface area contributed by atoms with Gasteiger partial charge in [-0.25, -0.2) is 9.18 Å². The van der Waals surface area contributed by atoms with E-state index in [2.05, 4.69) is 35.8 Å². The molecule has 1 fully saturated rings. The number of rotatable bonds is 12. The molecule has 7 nitrogen and oxygen atoms in total. The molecule has 1 aliphatic heterocycles. The number of esters is 1. The zero-order valence-electron chi connectivity index (χ0n) is 22.2. The molecule has 1 heterocycles. The van der Waals surface area contributed by atoms with Crippen molar-refractivity contribution in [2.45, 2.75) is 82.3 Å². The average Bonchev–Trinajstić information content (AvgIpc) is 3.21. The molecule has 1 N–H and O–H groups in total. The second-order valence-electron chi connectivity index (χ2n) is 10.6. The SMILES string of the molecule is CCCCN1C=NC(CCC(=O)OC)(C(=O)O)C1CC1CCC(C(c2ccc(F)cc2)N(C)C)CC1. The summed E-state index contributed by atoms with van der Waals surface area (Å²) in [6.07, 6.45) is 8.70. The standard InChI is InChI=1S/C28H42FN3O4/c1-5-6-17-32-19-30-28(27(34)35,16-15-25(33)36-4)24(32)18-20-7-9-21(10-8-20)26(31(2)3)22-11-13-23(29)14-12-22/h11-14,19-21,24,26H,5-10,15-18H2,1-4H3,(H,34,35). The molecule has 0 amide bonds. The van der Waals surface area contributed by atoms with E-state index in [4.69, 9.17) is 4.74 Å². The van der Waals surface area contributed by atoms with E-state index in [1.54, 1.807) is 6.34 Å². The number of aliphatic imine (C=N–C) groups is 1. The number of halogens is 1. The highest BCUT2D eigenvalue weighted by molar-refractivity contribution is 5.85. The van der Waals surface area contributed by atoms with Gasteiger partial charge < -0.3 is 19.6 Å². The van der Waals surface area contributed by atoms with Crippen LogP contribution in [0.25, 0.3) is 0 Å². The second kappa shape index (κ2) is 12.7. The highest BCUT2D eigenvalue weighted by Crippen LogP contribution is 2.43. The van der Waals surface area contributed by atoms with Gasteiger partial charge in [0.25, 0.3) is 0 Å². The minimum absolute atomic E-state index is 0.0349. The molecule has 1 aromatic carbocycles. The van der Waals surface area contributed by atoms with Crippen molar-refractivity contribution in [3.63, 3.8) is 0 Å². The van der Waals surface area contributed by atoms with Gasteiger partial charge in [-0.3, -0.25) is 9.79 Å². The van der Waals surface area contributed by atoms with E-state index in [-0.39, 0.29) is 30.7 Å². The molecule has 36 heavy (non-hydrogen) atoms. The molecule has 3 atom stereocenters. The maximum atomic E-state index is 13.5. The predicted molar refractivity (Wildman–Crippen MR) is 138 cm³/mol. The summed E-state index contributed by atoms with van der Waals surface area (Å²) in [7, 11) is 5.47. The fourth-order valence-corrected chi connectivity index (χ4v) is 6.14. The molecule has 1 aromatic rings. The Labute approximate surface area is 214 Å². The van der Waals surface area contributed by atoms with Gasteiger partial charge >= 0.3 is 11.9 Å². The molecule has 1 saturated carbocycles. The Morgan fingerprint density at radius 2 is 1.89 bits per heavy atom. The summed E-state index contributed by atoms with van der Waals surface area (Å²) >= 11 is 0. The number of methoxy groups -OCH3 is 1. The van der Waals surface area contributed by atoms with Crippen LogP contribution in [0.2, 0.25) is 0 Å². The summed E-state index contributed by atoms with van der Waals surface area (Å²) in [5.74, 6) is -0.747. The van der Waals surface area contributed by atoms with E-state index in [0.717, 1.165) is 57.1 Å². The Balaban J connectivity index is 1.72. The fraction of sp³-hybridized carbons (Fsp3) is 0.679. The summed E-state index contributed by atoms with van der Waals surface area (Å²) in [6, 6.07) is 6.78. The topological polar surface area (TPSA) is 82.4 Å². The molecule has 8 heteroatoms. The van der Waals surface area contributed by atoms with Gasteiger partial charge in [-0.1, -0.05) is 38.3 Å². The molecular formula is C28H42FN3O4. The number of hydrogen-bond donors (Lipinski definition) is 1. The lowest BCUT2D eigenvalue weighted by molar-refractivity contribution is -0.147. The lowest BCUT2D eigenvalue weighted by Gasteiger charge is -2.41. The van der Waals surface area contributed by atoms with E-state index in [1.165, 1.54) is 19.2 Å². The molecule has 2 aliphatic rings. The van der Waals surface area contributed by atoms with Crippen molar-refractivity contribution >= 4 is 18.3 Å². The number of ether oxygens (including phenoxy) is 1. The first-order valence-electron chi connectivity index (χ1n) is 13.2. The van der Waals surface area contributed by atoms with Gasteiger partial charge in [0.15, 0.2) is 5.54 Å². The molecule has 3 rings (SSSR count). The summed E-state index contributed by atoms with van der Waals surface area (Å²) in [5.41, 5.74) is -0.188. The molecule has 200 valence electrons. The van der Waals surface area contributed by atoms with Crippen molar-refractivity contribution in [3.05, 3.63) is 35.6 Å². The third-order valence-electron chi connectivity index (χ3n) is 8.13. The third-order valence-corrected chi connectivity index (χ3v) is 8.13. The van der Waals surface area contributed by atoms with Crippen LogP contribution in [0.3, 0.4) is 0 Å². The molecule has 0 radical (unpaired) electrons. The van der Waals surface area contributed by atoms with Crippen LogP contribution in [0.1, 0.15) is 76.3 Å². The zero-order chi connectivity index (χ0) is 26.3. The van der Waals surface area contributed by atoms with Crippen molar-refractivity contribution in [1.29, 1.82) is 0 Å². The van der Waals surface area contributed by atoms with Crippen LogP contribution in [-0.2, 0) is 14.3 Å². The summed E-state index contributed by atoms with van der Waals surface area (Å²) in [6.45, 7) is 2.88. The lowest BCUT2D eigenvalue weighted by Crippen LogP contribution is -2.52. The first-order valence-corrected chi connectivity index (χ1v) is 13.2. The number of benzene rings is 1. The van der Waals surface area contributed by atoms with E-state index >= 15 is 0 Å². The van der Waals surface area contributed by atoms with E-state index in [9.17, 15) is 19.1 Å². The smallest absolute Gasteiger partial charge is 0.333 e. The number of aliphatic carboxylic acids is 1. The number of carboxylic acids is 1. The van der Waals surface area contributed by atoms with E-state index < -0.39 is 17.5 Å². The van der Waals surface area contributed by atoms with Gasteiger partial charge in [-0.2, -0.15) is 0 Å². The Hall–Kier alpha value is -2.48. The highest BCUT2D eigenvalue weighted by Gasteiger charge is 2.52. The first-order chi connectivity index (χ1) is 17.2. The van der Waals surface area contributed by atoms with Crippen molar-refractivity contribution in [2.75, 3.05) is 27.7 Å². The van der Waals surface area contributed by atoms with E-state index in [1.807, 2.05) is 12.1 Å². The number of carbonyl (C=O) groups excluding carboxylic acids is 1. The normalized spacial score (nSPS) is 26.8. The monoisotopic (exact) mass is 503 g/mol. The minimum Gasteiger partial charge on any atom is -0.479 e. The Kier molecular flexibility index (Phi) is 9.88. The zero-order valence-corrected chi connectivity index (χ0v) is 22.2. The molecule has 3 unspecified atom stereocenters. The van der Waals surface area contributed by atoms with Crippen molar-refractivity contribution in [1.82, 2.24) is 9.80 Å². The van der Waals surface area contributed by atoms with Crippen molar-refractivity contribution in [2.24, 2.45) is 16.8 Å². The first kappa shape index (κ1) is 28.1. The van der Waals surface area contributed by atoms with Crippen molar-refractivity contribution in [3.8, 4) is 0 Å². The van der Waals surface area contributed by atoms with Crippen LogP contribution in [-0.4, -0.2) is 72.5 Å². The van der Waals surface area contributed by atoms with Gasteiger partial charge in [0.2, 0.25) is 0 Å². The fourth-order valence-electron chi connectivity index (χ4n) is 6.14. The Morgan fingerprint density at radius 1 is 1.22 bits per heavy atom. The molecule has 1 aliphatic carbocycles. The molecule has 0 spiro atoms. The quantitative estimate of drug-likeness (QED) is 0.408. The maximum Gasteiger partial charge on any atom is 0.333 e. The van der Waals surface area contributed by atoms with Gasteiger partial charge in [0, 0.05) is 19.0 Å². The number of nitrogens with zero attached hydrogens (tertiary/aromatic N) is 3.